The number of aryl methyl sites for hydroxylation is 1. The lowest BCUT2D eigenvalue weighted by molar-refractivity contribution is 0.0299. The maximum atomic E-state index is 6.13. The minimum absolute atomic E-state index is 0.282. The van der Waals surface area contributed by atoms with E-state index in [-0.39, 0.29) is 5.41 Å². The Morgan fingerprint density at radius 2 is 2.05 bits per heavy atom. The van der Waals surface area contributed by atoms with Gasteiger partial charge in [0.1, 0.15) is 5.82 Å². The summed E-state index contributed by atoms with van der Waals surface area (Å²) in [6.45, 7) is 11.1. The Balaban J connectivity index is 2.10. The van der Waals surface area contributed by atoms with E-state index in [1.807, 2.05) is 11.6 Å². The van der Waals surface area contributed by atoms with Gasteiger partial charge in [-0.15, -0.1) is 0 Å². The Morgan fingerprint density at radius 3 is 2.63 bits per heavy atom. The van der Waals surface area contributed by atoms with Crippen LogP contribution in [-0.4, -0.2) is 29.5 Å². The highest BCUT2D eigenvalue weighted by Crippen LogP contribution is 2.32. The van der Waals surface area contributed by atoms with Crippen LogP contribution >= 0.6 is 0 Å². The van der Waals surface area contributed by atoms with Crippen LogP contribution in [0.15, 0.2) is 0 Å². The van der Waals surface area contributed by atoms with Crippen LogP contribution in [0.25, 0.3) is 0 Å². The standard InChI is InChI=1S/C14H26N4O/c1-10(2)18-13(12(15)11(3)17-18)16-9-14(4)5-7-19-8-6-14/h10,16H,5-9,15H2,1-4H3. The molecule has 0 amide bonds. The highest BCUT2D eigenvalue weighted by molar-refractivity contribution is 5.65. The maximum absolute atomic E-state index is 6.13. The van der Waals surface area contributed by atoms with E-state index in [0.29, 0.717) is 6.04 Å². The van der Waals surface area contributed by atoms with Gasteiger partial charge in [0.15, 0.2) is 0 Å². The fourth-order valence-electron chi connectivity index (χ4n) is 2.45. The third kappa shape index (κ3) is 3.03. The predicted octanol–water partition coefficient (Wildman–Crippen LogP) is 2.58. The van der Waals surface area contributed by atoms with Crippen LogP contribution in [0.3, 0.4) is 0 Å². The van der Waals surface area contributed by atoms with Crippen LogP contribution in [0.1, 0.15) is 45.3 Å². The molecule has 108 valence electrons. The zero-order valence-corrected chi connectivity index (χ0v) is 12.5. The molecule has 1 saturated heterocycles. The molecule has 3 N–H and O–H groups in total. The van der Waals surface area contributed by atoms with Gasteiger partial charge in [-0.05, 0) is 39.0 Å². The van der Waals surface area contributed by atoms with Gasteiger partial charge in [-0.3, -0.25) is 0 Å². The Morgan fingerprint density at radius 1 is 1.42 bits per heavy atom. The first-order chi connectivity index (χ1) is 8.93. The topological polar surface area (TPSA) is 65.1 Å². The normalized spacial score (nSPS) is 18.8. The van der Waals surface area contributed by atoms with Gasteiger partial charge in [-0.2, -0.15) is 5.10 Å². The first-order valence-electron chi connectivity index (χ1n) is 7.09. The minimum atomic E-state index is 0.282. The lowest BCUT2D eigenvalue weighted by Gasteiger charge is -2.34. The molecule has 2 rings (SSSR count). The molecule has 0 aliphatic carbocycles. The molecule has 1 aliphatic heterocycles. The molecule has 0 unspecified atom stereocenters. The minimum Gasteiger partial charge on any atom is -0.394 e. The second-order valence-corrected chi connectivity index (χ2v) is 6.16. The van der Waals surface area contributed by atoms with Crippen molar-refractivity contribution in [2.75, 3.05) is 30.8 Å². The lowest BCUT2D eigenvalue weighted by atomic mass is 9.82. The summed E-state index contributed by atoms with van der Waals surface area (Å²) in [6, 6.07) is 0.306. The molecule has 0 atom stereocenters. The van der Waals surface area contributed by atoms with Crippen LogP contribution in [0.2, 0.25) is 0 Å². The van der Waals surface area contributed by atoms with Gasteiger partial charge in [-0.1, -0.05) is 6.92 Å². The van der Waals surface area contributed by atoms with Gasteiger partial charge in [-0.25, -0.2) is 4.68 Å². The van der Waals surface area contributed by atoms with Gasteiger partial charge in [0.05, 0.1) is 11.4 Å². The molecule has 1 fully saturated rings. The summed E-state index contributed by atoms with van der Waals surface area (Å²) < 4.78 is 7.42. The maximum Gasteiger partial charge on any atom is 0.148 e. The van der Waals surface area contributed by atoms with Gasteiger partial charge in [0, 0.05) is 25.8 Å². The van der Waals surface area contributed by atoms with Crippen LogP contribution in [0.5, 0.6) is 0 Å². The molecule has 2 heterocycles. The molecule has 1 aromatic rings. The Labute approximate surface area is 115 Å². The first kappa shape index (κ1) is 14.2. The molecule has 0 aromatic carbocycles. The molecule has 5 nitrogen and oxygen atoms in total. The Kier molecular flexibility index (Phi) is 4.04. The summed E-state index contributed by atoms with van der Waals surface area (Å²) in [6.07, 6.45) is 2.18. The van der Waals surface area contributed by atoms with E-state index in [1.165, 1.54) is 0 Å². The summed E-state index contributed by atoms with van der Waals surface area (Å²) in [5, 5.41) is 8.01. The number of hydrogen-bond acceptors (Lipinski definition) is 4. The van der Waals surface area contributed by atoms with Gasteiger partial charge in [0.2, 0.25) is 0 Å². The fraction of sp³-hybridized carbons (Fsp3) is 0.786. The molecular weight excluding hydrogens is 240 g/mol. The van der Waals surface area contributed by atoms with Crippen molar-refractivity contribution in [3.8, 4) is 0 Å². The summed E-state index contributed by atoms with van der Waals surface area (Å²) in [7, 11) is 0. The molecule has 0 bridgehead atoms. The summed E-state index contributed by atoms with van der Waals surface area (Å²) in [5.74, 6) is 0.959. The number of aromatic nitrogens is 2. The van der Waals surface area contributed by atoms with Crippen LogP contribution in [-0.2, 0) is 4.74 Å². The van der Waals surface area contributed by atoms with Crippen molar-refractivity contribution < 1.29 is 4.74 Å². The van der Waals surface area contributed by atoms with Crippen LogP contribution in [0.4, 0.5) is 11.5 Å². The number of nitrogens with two attached hydrogens (primary N) is 1. The van der Waals surface area contributed by atoms with Gasteiger partial charge < -0.3 is 15.8 Å². The van der Waals surface area contributed by atoms with E-state index >= 15 is 0 Å². The molecule has 1 aliphatic rings. The summed E-state index contributed by atoms with van der Waals surface area (Å²) >= 11 is 0. The Bertz CT molecular complexity index is 433. The average molecular weight is 266 g/mol. The number of anilines is 2. The number of ether oxygens (including phenoxy) is 1. The Hall–Kier alpha value is -1.23. The lowest BCUT2D eigenvalue weighted by Crippen LogP contribution is -2.33. The number of nitrogen functional groups attached to an aromatic ring is 1. The molecule has 1 aromatic heterocycles. The van der Waals surface area contributed by atoms with E-state index in [1.54, 1.807) is 0 Å². The van der Waals surface area contributed by atoms with E-state index in [0.717, 1.165) is 49.8 Å². The molecule has 0 spiro atoms. The molecular formula is C14H26N4O. The zero-order chi connectivity index (χ0) is 14.0. The predicted molar refractivity (Wildman–Crippen MR) is 78.4 cm³/mol. The van der Waals surface area contributed by atoms with Crippen molar-refractivity contribution in [2.45, 2.75) is 46.6 Å². The third-order valence-corrected chi connectivity index (χ3v) is 4.00. The van der Waals surface area contributed by atoms with Crippen molar-refractivity contribution >= 4 is 11.5 Å². The van der Waals surface area contributed by atoms with Crippen molar-refractivity contribution in [1.82, 2.24) is 9.78 Å². The number of nitrogens with zero attached hydrogens (tertiary/aromatic N) is 2. The number of hydrogen-bond donors (Lipinski definition) is 2. The second kappa shape index (κ2) is 5.41. The molecule has 19 heavy (non-hydrogen) atoms. The highest BCUT2D eigenvalue weighted by Gasteiger charge is 2.28. The molecule has 0 radical (unpaired) electrons. The molecule has 5 heteroatoms. The van der Waals surface area contributed by atoms with Crippen molar-refractivity contribution in [3.05, 3.63) is 5.69 Å². The molecule has 0 saturated carbocycles. The summed E-state index contributed by atoms with van der Waals surface area (Å²) in [4.78, 5) is 0. The number of nitrogens with one attached hydrogen (secondary N) is 1. The second-order valence-electron chi connectivity index (χ2n) is 6.16. The fourth-order valence-corrected chi connectivity index (χ4v) is 2.45. The number of rotatable bonds is 4. The van der Waals surface area contributed by atoms with Crippen molar-refractivity contribution in [3.63, 3.8) is 0 Å². The van der Waals surface area contributed by atoms with E-state index in [2.05, 4.69) is 31.2 Å². The van der Waals surface area contributed by atoms with Gasteiger partial charge in [0.25, 0.3) is 0 Å². The largest absolute Gasteiger partial charge is 0.394 e. The van der Waals surface area contributed by atoms with Crippen molar-refractivity contribution in [2.24, 2.45) is 5.41 Å². The van der Waals surface area contributed by atoms with E-state index in [9.17, 15) is 0 Å². The SMILES string of the molecule is Cc1nn(C(C)C)c(NCC2(C)CCOCC2)c1N. The quantitative estimate of drug-likeness (QED) is 0.879. The van der Waals surface area contributed by atoms with Crippen molar-refractivity contribution in [1.29, 1.82) is 0 Å². The monoisotopic (exact) mass is 266 g/mol. The highest BCUT2D eigenvalue weighted by atomic mass is 16.5. The van der Waals surface area contributed by atoms with E-state index in [4.69, 9.17) is 10.5 Å². The first-order valence-corrected chi connectivity index (χ1v) is 7.09. The van der Waals surface area contributed by atoms with E-state index < -0.39 is 0 Å². The summed E-state index contributed by atoms with van der Waals surface area (Å²) in [5.41, 5.74) is 8.08. The zero-order valence-electron chi connectivity index (χ0n) is 12.5. The van der Waals surface area contributed by atoms with Gasteiger partial charge >= 0.3 is 0 Å². The third-order valence-electron chi connectivity index (χ3n) is 4.00. The smallest absolute Gasteiger partial charge is 0.148 e. The van der Waals surface area contributed by atoms with Crippen LogP contribution < -0.4 is 11.1 Å². The van der Waals surface area contributed by atoms with Crippen LogP contribution in [0, 0.1) is 12.3 Å². The average Bonchev–Trinajstić information content (AvgIpc) is 2.65.